The van der Waals surface area contributed by atoms with Gasteiger partial charge in [-0.3, -0.25) is 14.5 Å². The highest BCUT2D eigenvalue weighted by Crippen LogP contribution is 2.35. The van der Waals surface area contributed by atoms with Crippen LogP contribution >= 0.6 is 11.6 Å². The van der Waals surface area contributed by atoms with Gasteiger partial charge in [-0.05, 0) is 42.2 Å². The number of carbonyl (C=O) groups excluding carboxylic acids is 2. The number of amides is 2. The third-order valence-electron chi connectivity index (χ3n) is 8.11. The summed E-state index contributed by atoms with van der Waals surface area (Å²) in [5.74, 6) is -2.38. The minimum absolute atomic E-state index is 0.0186. The first-order chi connectivity index (χ1) is 19.4. The van der Waals surface area contributed by atoms with Gasteiger partial charge in [0.05, 0.1) is 17.3 Å². The molecule has 3 aromatic rings. The van der Waals surface area contributed by atoms with E-state index in [1.54, 1.807) is 6.07 Å². The number of piperazine rings is 1. The van der Waals surface area contributed by atoms with E-state index in [4.69, 9.17) is 11.6 Å². The van der Waals surface area contributed by atoms with Crippen LogP contribution in [0.1, 0.15) is 53.2 Å². The highest BCUT2D eigenvalue weighted by molar-refractivity contribution is 6.31. The summed E-state index contributed by atoms with van der Waals surface area (Å²) >= 11 is 5.97. The number of rotatable bonds is 7. The first kappa shape index (κ1) is 27.9. The number of nitrogens with one attached hydrogen (secondary N) is 1. The number of carboxylic acid groups (broad SMARTS) is 1. The number of halogens is 1. The lowest BCUT2D eigenvalue weighted by Crippen LogP contribution is -2.53. The zero-order chi connectivity index (χ0) is 28.1. The quantitative estimate of drug-likeness (QED) is 0.386. The molecule has 2 amide bonds. The Morgan fingerprint density at radius 3 is 1.95 bits per heavy atom. The molecule has 2 N–H and O–H groups in total. The van der Waals surface area contributed by atoms with Crippen molar-refractivity contribution < 1.29 is 19.5 Å². The fourth-order valence-electron chi connectivity index (χ4n) is 6.09. The maximum absolute atomic E-state index is 13.8. The fraction of sp³-hybridized carbons (Fsp3) is 0.344. The average Bonchev–Trinajstić information content (AvgIpc) is 2.99. The monoisotopic (exact) mass is 559 g/mol. The molecule has 1 heterocycles. The molecule has 2 fully saturated rings. The second-order valence-electron chi connectivity index (χ2n) is 10.6. The summed E-state index contributed by atoms with van der Waals surface area (Å²) in [6.45, 7) is 2.66. The molecule has 0 aromatic heterocycles. The van der Waals surface area contributed by atoms with Gasteiger partial charge in [0, 0.05) is 43.0 Å². The van der Waals surface area contributed by atoms with Crippen LogP contribution in [0.15, 0.2) is 78.9 Å². The molecule has 1 saturated heterocycles. The Bertz CT molecular complexity index is 1300. The van der Waals surface area contributed by atoms with E-state index in [0.29, 0.717) is 25.9 Å². The Kier molecular flexibility index (Phi) is 8.82. The summed E-state index contributed by atoms with van der Waals surface area (Å²) in [6.07, 6.45) is 3.01. The van der Waals surface area contributed by atoms with Crippen molar-refractivity contribution in [3.63, 3.8) is 0 Å². The first-order valence-corrected chi connectivity index (χ1v) is 14.3. The molecular formula is C32H34ClN3O4. The molecule has 208 valence electrons. The maximum Gasteiger partial charge on any atom is 0.337 e. The lowest BCUT2D eigenvalue weighted by atomic mass is 9.77. The van der Waals surface area contributed by atoms with Gasteiger partial charge in [-0.1, -0.05) is 85.1 Å². The van der Waals surface area contributed by atoms with E-state index in [2.05, 4.69) is 58.7 Å². The van der Waals surface area contributed by atoms with Gasteiger partial charge in [0.25, 0.3) is 0 Å². The SMILES string of the molecule is O=C(O)c1cc(Cl)ccc1NC(=O)C1CCCC[C@@H]1C(=O)N1CCN(C(c2ccccc2)c2ccccc2)CC1. The molecule has 2 atom stereocenters. The van der Waals surface area contributed by atoms with Crippen LogP contribution in [-0.2, 0) is 9.59 Å². The summed E-state index contributed by atoms with van der Waals surface area (Å²) < 4.78 is 0. The van der Waals surface area contributed by atoms with Crippen molar-refractivity contribution in [1.82, 2.24) is 9.80 Å². The Morgan fingerprint density at radius 2 is 1.38 bits per heavy atom. The number of anilines is 1. The Labute approximate surface area is 239 Å². The predicted octanol–water partition coefficient (Wildman–Crippen LogP) is 5.72. The second-order valence-corrected chi connectivity index (χ2v) is 11.0. The molecule has 40 heavy (non-hydrogen) atoms. The average molecular weight is 560 g/mol. The van der Waals surface area contributed by atoms with Crippen LogP contribution in [0, 0.1) is 11.8 Å². The number of nitrogens with zero attached hydrogens (tertiary/aromatic N) is 2. The molecule has 7 nitrogen and oxygen atoms in total. The molecule has 3 aromatic carbocycles. The zero-order valence-corrected chi connectivity index (χ0v) is 23.1. The minimum atomic E-state index is -1.17. The normalized spacial score (nSPS) is 19.8. The van der Waals surface area contributed by atoms with Crippen molar-refractivity contribution in [1.29, 1.82) is 0 Å². The highest BCUT2D eigenvalue weighted by atomic mass is 35.5. The smallest absolute Gasteiger partial charge is 0.337 e. The number of benzene rings is 3. The van der Waals surface area contributed by atoms with Crippen LogP contribution in [0.3, 0.4) is 0 Å². The van der Waals surface area contributed by atoms with Crippen LogP contribution in [0.25, 0.3) is 0 Å². The summed E-state index contributed by atoms with van der Waals surface area (Å²) in [4.78, 5) is 43.2. The molecule has 1 aliphatic carbocycles. The summed E-state index contributed by atoms with van der Waals surface area (Å²) in [7, 11) is 0. The standard InChI is InChI=1S/C32H34ClN3O4/c33-24-15-16-28(27(21-24)32(39)40)34-30(37)25-13-7-8-14-26(25)31(38)36-19-17-35(18-20-36)29(22-9-3-1-4-10-22)23-11-5-2-6-12-23/h1-6,9-12,15-16,21,25-26,29H,7-8,13-14,17-20H2,(H,34,37)(H,39,40)/t25?,26-/m0/s1. The Balaban J connectivity index is 1.27. The number of carbonyl (C=O) groups is 3. The fourth-order valence-corrected chi connectivity index (χ4v) is 6.26. The van der Waals surface area contributed by atoms with Gasteiger partial charge in [-0.25, -0.2) is 4.79 Å². The summed E-state index contributed by atoms with van der Waals surface area (Å²) in [6, 6.07) is 25.3. The molecule has 1 aliphatic heterocycles. The van der Waals surface area contributed by atoms with Crippen molar-refractivity contribution in [2.24, 2.45) is 11.8 Å². The van der Waals surface area contributed by atoms with E-state index < -0.39 is 17.8 Å². The molecule has 0 bridgehead atoms. The number of aromatic carboxylic acids is 1. The van der Waals surface area contributed by atoms with E-state index in [-0.39, 0.29) is 34.1 Å². The molecule has 1 unspecified atom stereocenters. The van der Waals surface area contributed by atoms with Crippen LogP contribution in [-0.4, -0.2) is 58.9 Å². The van der Waals surface area contributed by atoms with Crippen molar-refractivity contribution in [2.45, 2.75) is 31.7 Å². The van der Waals surface area contributed by atoms with Gasteiger partial charge in [0.1, 0.15) is 0 Å². The predicted molar refractivity (Wildman–Crippen MR) is 155 cm³/mol. The van der Waals surface area contributed by atoms with Gasteiger partial charge in [0.2, 0.25) is 11.8 Å². The lowest BCUT2D eigenvalue weighted by Gasteiger charge is -2.42. The number of hydrogen-bond acceptors (Lipinski definition) is 4. The van der Waals surface area contributed by atoms with Crippen molar-refractivity contribution in [3.8, 4) is 0 Å². The summed E-state index contributed by atoms with van der Waals surface area (Å²) in [5.41, 5.74) is 2.57. The van der Waals surface area contributed by atoms with Crippen LogP contribution in [0.4, 0.5) is 5.69 Å². The van der Waals surface area contributed by atoms with Gasteiger partial charge in [-0.15, -0.1) is 0 Å². The lowest BCUT2D eigenvalue weighted by molar-refractivity contribution is -0.144. The molecule has 0 radical (unpaired) electrons. The second kappa shape index (κ2) is 12.7. The van der Waals surface area contributed by atoms with Crippen molar-refractivity contribution >= 4 is 35.1 Å². The molecular weight excluding hydrogens is 526 g/mol. The Hall–Kier alpha value is -3.68. The van der Waals surface area contributed by atoms with Gasteiger partial charge in [0.15, 0.2) is 0 Å². The molecule has 8 heteroatoms. The van der Waals surface area contributed by atoms with Gasteiger partial charge >= 0.3 is 5.97 Å². The molecule has 1 saturated carbocycles. The van der Waals surface area contributed by atoms with Crippen molar-refractivity contribution in [3.05, 3.63) is 101 Å². The number of carboxylic acids is 1. The maximum atomic E-state index is 13.8. The Morgan fingerprint density at radius 1 is 0.800 bits per heavy atom. The van der Waals surface area contributed by atoms with E-state index in [1.807, 2.05) is 17.0 Å². The largest absolute Gasteiger partial charge is 0.478 e. The van der Waals surface area contributed by atoms with Crippen LogP contribution in [0.2, 0.25) is 5.02 Å². The van der Waals surface area contributed by atoms with Crippen LogP contribution in [0.5, 0.6) is 0 Å². The minimum Gasteiger partial charge on any atom is -0.478 e. The number of hydrogen-bond donors (Lipinski definition) is 2. The first-order valence-electron chi connectivity index (χ1n) is 13.9. The van der Waals surface area contributed by atoms with Crippen molar-refractivity contribution in [2.75, 3.05) is 31.5 Å². The molecule has 0 spiro atoms. The molecule has 5 rings (SSSR count). The third-order valence-corrected chi connectivity index (χ3v) is 8.35. The van der Waals surface area contributed by atoms with E-state index >= 15 is 0 Å². The van der Waals surface area contributed by atoms with E-state index in [9.17, 15) is 19.5 Å². The van der Waals surface area contributed by atoms with E-state index in [0.717, 1.165) is 25.9 Å². The van der Waals surface area contributed by atoms with Gasteiger partial charge < -0.3 is 15.3 Å². The highest BCUT2D eigenvalue weighted by Gasteiger charge is 2.39. The van der Waals surface area contributed by atoms with Crippen LogP contribution < -0.4 is 5.32 Å². The summed E-state index contributed by atoms with van der Waals surface area (Å²) in [5, 5.41) is 12.6. The third kappa shape index (κ3) is 6.21. The zero-order valence-electron chi connectivity index (χ0n) is 22.3. The topological polar surface area (TPSA) is 89.9 Å². The molecule has 2 aliphatic rings. The van der Waals surface area contributed by atoms with E-state index in [1.165, 1.54) is 23.3 Å². The van der Waals surface area contributed by atoms with Gasteiger partial charge in [-0.2, -0.15) is 0 Å².